The Morgan fingerprint density at radius 2 is 1.55 bits per heavy atom. The molecule has 2 amide bonds. The second-order valence-corrected chi connectivity index (χ2v) is 7.37. The van der Waals surface area contributed by atoms with Gasteiger partial charge in [0, 0.05) is 12.1 Å². The molecule has 0 bridgehead atoms. The van der Waals surface area contributed by atoms with Gasteiger partial charge in [0.15, 0.2) is 0 Å². The van der Waals surface area contributed by atoms with Gasteiger partial charge in [-0.2, -0.15) is 0 Å². The number of benzene rings is 3. The topological polar surface area (TPSA) is 76.0 Å². The number of hydrogen-bond donors (Lipinski definition) is 2. The molecule has 1 heterocycles. The molecule has 3 aromatic carbocycles. The summed E-state index contributed by atoms with van der Waals surface area (Å²) in [5.41, 5.74) is 3.26. The first-order valence-electron chi connectivity index (χ1n) is 10.2. The lowest BCUT2D eigenvalue weighted by Crippen LogP contribution is -2.31. The lowest BCUT2D eigenvalue weighted by atomic mass is 10.2. The number of nitrogens with zero attached hydrogens (tertiary/aromatic N) is 2. The number of rotatable bonds is 7. The zero-order valence-corrected chi connectivity index (χ0v) is 17.3. The summed E-state index contributed by atoms with van der Waals surface area (Å²) in [6.45, 7) is 2.45. The Morgan fingerprint density at radius 1 is 0.903 bits per heavy atom. The maximum absolute atomic E-state index is 12.7. The third kappa shape index (κ3) is 4.80. The number of imidazole rings is 1. The largest absolute Gasteiger partial charge is 0.350 e. The number of nitrogens with one attached hydrogen (secondary N) is 2. The summed E-state index contributed by atoms with van der Waals surface area (Å²) in [5, 5.41) is 5.95. The van der Waals surface area contributed by atoms with E-state index < -0.39 is 0 Å². The Morgan fingerprint density at radius 3 is 2.29 bits per heavy atom. The molecule has 6 nitrogen and oxygen atoms in total. The standard InChI is InChI=1S/C25H24N4O2/c1-18(27-25(31)20-12-6-3-7-13-20)24-28-21-14-8-9-15-22(21)29(24)17-23(30)26-16-19-10-4-2-5-11-19/h2-15,18H,16-17H2,1H3,(H,26,30)(H,27,31)/t18-/m0/s1. The van der Waals surface area contributed by atoms with Gasteiger partial charge in [-0.05, 0) is 36.8 Å². The van der Waals surface area contributed by atoms with E-state index in [1.165, 1.54) is 0 Å². The Balaban J connectivity index is 1.54. The highest BCUT2D eigenvalue weighted by Gasteiger charge is 2.20. The molecule has 0 spiro atoms. The number of para-hydroxylation sites is 2. The lowest BCUT2D eigenvalue weighted by Gasteiger charge is -2.16. The molecule has 4 aromatic rings. The highest BCUT2D eigenvalue weighted by atomic mass is 16.2. The minimum Gasteiger partial charge on any atom is -0.350 e. The van der Waals surface area contributed by atoms with Crippen molar-refractivity contribution in [3.8, 4) is 0 Å². The zero-order valence-electron chi connectivity index (χ0n) is 17.3. The number of carbonyl (C=O) groups is 2. The monoisotopic (exact) mass is 412 g/mol. The minimum atomic E-state index is -0.373. The Hall–Kier alpha value is -3.93. The first-order valence-corrected chi connectivity index (χ1v) is 10.2. The molecule has 0 fully saturated rings. The summed E-state index contributed by atoms with van der Waals surface area (Å²) < 4.78 is 1.87. The van der Waals surface area contributed by atoms with Crippen LogP contribution in [0.25, 0.3) is 11.0 Å². The fourth-order valence-electron chi connectivity index (χ4n) is 3.52. The number of carbonyl (C=O) groups excluding carboxylic acids is 2. The van der Waals surface area contributed by atoms with Crippen molar-refractivity contribution in [2.45, 2.75) is 26.1 Å². The summed E-state index contributed by atoms with van der Waals surface area (Å²) in [7, 11) is 0. The average molecular weight is 412 g/mol. The third-order valence-electron chi connectivity index (χ3n) is 5.09. The molecule has 2 N–H and O–H groups in total. The van der Waals surface area contributed by atoms with Crippen LogP contribution in [0.2, 0.25) is 0 Å². The fraction of sp³-hybridized carbons (Fsp3) is 0.160. The minimum absolute atomic E-state index is 0.116. The van der Waals surface area contributed by atoms with Crippen LogP contribution in [0.5, 0.6) is 0 Å². The van der Waals surface area contributed by atoms with Gasteiger partial charge in [-0.25, -0.2) is 4.98 Å². The maximum atomic E-state index is 12.7. The molecule has 1 atom stereocenters. The first kappa shape index (κ1) is 20.3. The SMILES string of the molecule is C[C@H](NC(=O)c1ccccc1)c1nc2ccccc2n1CC(=O)NCc1ccccc1. The van der Waals surface area contributed by atoms with Gasteiger partial charge in [0.25, 0.3) is 5.91 Å². The molecule has 6 heteroatoms. The third-order valence-corrected chi connectivity index (χ3v) is 5.09. The van der Waals surface area contributed by atoms with Crippen LogP contribution < -0.4 is 10.6 Å². The first-order chi connectivity index (χ1) is 15.1. The van der Waals surface area contributed by atoms with Gasteiger partial charge >= 0.3 is 0 Å². The molecule has 156 valence electrons. The Labute approximate surface area is 180 Å². The molecule has 1 aromatic heterocycles. The smallest absolute Gasteiger partial charge is 0.251 e. The fourth-order valence-corrected chi connectivity index (χ4v) is 3.52. The number of fused-ring (bicyclic) bond motifs is 1. The lowest BCUT2D eigenvalue weighted by molar-refractivity contribution is -0.121. The van der Waals surface area contributed by atoms with Crippen LogP contribution in [0.3, 0.4) is 0 Å². The van der Waals surface area contributed by atoms with Crippen LogP contribution in [-0.2, 0) is 17.9 Å². The van der Waals surface area contributed by atoms with Crippen LogP contribution in [0.15, 0.2) is 84.9 Å². The molecule has 0 radical (unpaired) electrons. The molecule has 4 rings (SSSR count). The van der Waals surface area contributed by atoms with Crippen molar-refractivity contribution in [1.82, 2.24) is 20.2 Å². The summed E-state index contributed by atoms with van der Waals surface area (Å²) >= 11 is 0. The van der Waals surface area contributed by atoms with Gasteiger partial charge in [0.2, 0.25) is 5.91 Å². The Bertz CT molecular complexity index is 1190. The van der Waals surface area contributed by atoms with Crippen molar-refractivity contribution in [2.24, 2.45) is 0 Å². The van der Waals surface area contributed by atoms with Crippen molar-refractivity contribution in [3.05, 3.63) is 102 Å². The maximum Gasteiger partial charge on any atom is 0.251 e. The molecule has 0 unspecified atom stereocenters. The van der Waals surface area contributed by atoms with Gasteiger partial charge in [-0.15, -0.1) is 0 Å². The Kier molecular flexibility index (Phi) is 6.08. The predicted molar refractivity (Wildman–Crippen MR) is 120 cm³/mol. The van der Waals surface area contributed by atoms with Crippen LogP contribution >= 0.6 is 0 Å². The second kappa shape index (κ2) is 9.26. The second-order valence-electron chi connectivity index (χ2n) is 7.37. The van der Waals surface area contributed by atoms with E-state index in [-0.39, 0.29) is 24.4 Å². The van der Waals surface area contributed by atoms with Crippen molar-refractivity contribution in [1.29, 1.82) is 0 Å². The van der Waals surface area contributed by atoms with Crippen molar-refractivity contribution < 1.29 is 9.59 Å². The van der Waals surface area contributed by atoms with Crippen molar-refractivity contribution >= 4 is 22.8 Å². The normalized spacial score (nSPS) is 11.8. The van der Waals surface area contributed by atoms with Gasteiger partial charge in [-0.3, -0.25) is 9.59 Å². The van der Waals surface area contributed by atoms with Gasteiger partial charge < -0.3 is 15.2 Å². The summed E-state index contributed by atoms with van der Waals surface area (Å²) in [4.78, 5) is 30.0. The van der Waals surface area contributed by atoms with Crippen molar-refractivity contribution in [3.63, 3.8) is 0 Å². The molecule has 0 aliphatic heterocycles. The van der Waals surface area contributed by atoms with E-state index in [1.54, 1.807) is 12.1 Å². The summed E-state index contributed by atoms with van der Waals surface area (Å²) in [5.74, 6) is 0.343. The van der Waals surface area contributed by atoms with Crippen LogP contribution in [-0.4, -0.2) is 21.4 Å². The van der Waals surface area contributed by atoms with E-state index in [0.29, 0.717) is 17.9 Å². The zero-order chi connectivity index (χ0) is 21.6. The van der Waals surface area contributed by atoms with E-state index >= 15 is 0 Å². The summed E-state index contributed by atoms with van der Waals surface area (Å²) in [6.07, 6.45) is 0. The molecule has 0 saturated carbocycles. The highest BCUT2D eigenvalue weighted by Crippen LogP contribution is 2.21. The number of hydrogen-bond acceptors (Lipinski definition) is 3. The van der Waals surface area contributed by atoms with Crippen LogP contribution in [0.1, 0.15) is 34.7 Å². The molecule has 31 heavy (non-hydrogen) atoms. The van der Waals surface area contributed by atoms with Gasteiger partial charge in [0.1, 0.15) is 12.4 Å². The quantitative estimate of drug-likeness (QED) is 0.484. The van der Waals surface area contributed by atoms with E-state index in [2.05, 4.69) is 10.6 Å². The van der Waals surface area contributed by atoms with Crippen molar-refractivity contribution in [2.75, 3.05) is 0 Å². The number of amides is 2. The summed E-state index contributed by atoms with van der Waals surface area (Å²) in [6, 6.07) is 26.1. The van der Waals surface area contributed by atoms with E-state index in [0.717, 1.165) is 16.6 Å². The predicted octanol–water partition coefficient (Wildman–Crippen LogP) is 3.84. The molecular formula is C25H24N4O2. The molecule has 0 aliphatic carbocycles. The molecular weight excluding hydrogens is 388 g/mol. The van der Waals surface area contributed by atoms with Crippen LogP contribution in [0.4, 0.5) is 0 Å². The van der Waals surface area contributed by atoms with Crippen LogP contribution in [0, 0.1) is 0 Å². The van der Waals surface area contributed by atoms with Gasteiger partial charge in [0.05, 0.1) is 17.1 Å². The number of aromatic nitrogens is 2. The average Bonchev–Trinajstić information content (AvgIpc) is 3.17. The van der Waals surface area contributed by atoms with E-state index in [4.69, 9.17) is 4.98 Å². The van der Waals surface area contributed by atoms with E-state index in [9.17, 15) is 9.59 Å². The van der Waals surface area contributed by atoms with Gasteiger partial charge in [-0.1, -0.05) is 60.7 Å². The van der Waals surface area contributed by atoms with E-state index in [1.807, 2.05) is 84.3 Å². The molecule has 0 aliphatic rings. The molecule has 0 saturated heterocycles. The highest BCUT2D eigenvalue weighted by molar-refractivity contribution is 5.94.